The van der Waals surface area contributed by atoms with Crippen LogP contribution >= 0.6 is 12.6 Å². The molecule has 0 bridgehead atoms. The number of carboxylic acid groups (broad SMARTS) is 1. The summed E-state index contributed by atoms with van der Waals surface area (Å²) in [6, 6.07) is 5.76. The van der Waals surface area contributed by atoms with Gasteiger partial charge in [-0.05, 0) is 18.4 Å². The first-order chi connectivity index (χ1) is 14.6. The molecule has 0 aliphatic heterocycles. The molecule has 0 spiro atoms. The van der Waals surface area contributed by atoms with Crippen molar-refractivity contribution in [1.82, 2.24) is 16.0 Å². The number of carbonyl (C=O) groups excluding carboxylic acids is 4. The molecule has 3 atom stereocenters. The summed E-state index contributed by atoms with van der Waals surface area (Å²) < 4.78 is 0. The highest BCUT2D eigenvalue weighted by Crippen LogP contribution is 2.02. The Morgan fingerprint density at radius 3 is 2.19 bits per heavy atom. The summed E-state index contributed by atoms with van der Waals surface area (Å²) in [5.74, 6) is -4.20. The van der Waals surface area contributed by atoms with Crippen LogP contribution in [0.5, 0.6) is 0 Å². The van der Waals surface area contributed by atoms with Crippen LogP contribution in [0.1, 0.15) is 18.4 Å². The maximum absolute atomic E-state index is 12.3. The van der Waals surface area contributed by atoms with Crippen molar-refractivity contribution < 1.29 is 29.1 Å². The SMILES string of the molecule is NC(=O)CCC(NC(=O)C(CS)NC(=O)CNC(=O)C(N)Cc1ccccc1)C(=O)O. The fraction of sp³-hybridized carbons (Fsp3) is 0.421. The summed E-state index contributed by atoms with van der Waals surface area (Å²) >= 11 is 3.98. The second kappa shape index (κ2) is 13.2. The second-order valence-corrected chi connectivity index (χ2v) is 7.09. The van der Waals surface area contributed by atoms with Gasteiger partial charge in [-0.3, -0.25) is 19.2 Å². The average Bonchev–Trinajstić information content (AvgIpc) is 2.73. The van der Waals surface area contributed by atoms with Crippen LogP contribution in [0.25, 0.3) is 0 Å². The number of benzene rings is 1. The molecule has 0 fully saturated rings. The first-order valence-corrected chi connectivity index (χ1v) is 10.1. The summed E-state index contributed by atoms with van der Waals surface area (Å²) in [5.41, 5.74) is 11.7. The van der Waals surface area contributed by atoms with E-state index >= 15 is 0 Å². The predicted octanol–water partition coefficient (Wildman–Crippen LogP) is -2.08. The van der Waals surface area contributed by atoms with Gasteiger partial charge in [0.25, 0.3) is 0 Å². The van der Waals surface area contributed by atoms with Gasteiger partial charge in [0.05, 0.1) is 12.6 Å². The minimum atomic E-state index is -1.35. The zero-order valence-electron chi connectivity index (χ0n) is 16.7. The molecule has 0 aliphatic carbocycles. The number of nitrogens with two attached hydrogens (primary N) is 2. The Labute approximate surface area is 184 Å². The second-order valence-electron chi connectivity index (χ2n) is 6.72. The lowest BCUT2D eigenvalue weighted by Crippen LogP contribution is -2.54. The van der Waals surface area contributed by atoms with E-state index in [0.717, 1.165) is 5.56 Å². The number of aliphatic carboxylic acids is 1. The maximum atomic E-state index is 12.3. The molecule has 3 unspecified atom stereocenters. The van der Waals surface area contributed by atoms with Gasteiger partial charge in [0, 0.05) is 12.2 Å². The van der Waals surface area contributed by atoms with Gasteiger partial charge in [0.1, 0.15) is 12.1 Å². The van der Waals surface area contributed by atoms with Crippen molar-refractivity contribution in [3.63, 3.8) is 0 Å². The van der Waals surface area contributed by atoms with E-state index in [9.17, 15) is 24.0 Å². The molecule has 31 heavy (non-hydrogen) atoms. The maximum Gasteiger partial charge on any atom is 0.326 e. The third kappa shape index (κ3) is 9.96. The Morgan fingerprint density at radius 1 is 1.00 bits per heavy atom. The number of primary amides is 1. The molecule has 12 heteroatoms. The van der Waals surface area contributed by atoms with Crippen LogP contribution in [0.2, 0.25) is 0 Å². The van der Waals surface area contributed by atoms with Crippen molar-refractivity contribution >= 4 is 42.2 Å². The topological polar surface area (TPSA) is 194 Å². The Hall–Kier alpha value is -3.12. The normalized spacial score (nSPS) is 13.4. The summed E-state index contributed by atoms with van der Waals surface area (Å²) in [6.45, 7) is -0.428. The zero-order valence-corrected chi connectivity index (χ0v) is 17.6. The predicted molar refractivity (Wildman–Crippen MR) is 115 cm³/mol. The van der Waals surface area contributed by atoms with Crippen molar-refractivity contribution in [2.45, 2.75) is 37.4 Å². The fourth-order valence-electron chi connectivity index (χ4n) is 2.51. The van der Waals surface area contributed by atoms with Crippen LogP contribution in [0.15, 0.2) is 30.3 Å². The molecule has 1 rings (SSSR count). The monoisotopic (exact) mass is 453 g/mol. The van der Waals surface area contributed by atoms with E-state index in [1.54, 1.807) is 0 Å². The van der Waals surface area contributed by atoms with Crippen molar-refractivity contribution in [2.75, 3.05) is 12.3 Å². The molecule has 8 N–H and O–H groups in total. The van der Waals surface area contributed by atoms with Gasteiger partial charge in [0.15, 0.2) is 0 Å². The Balaban J connectivity index is 2.51. The van der Waals surface area contributed by atoms with Crippen LogP contribution in [-0.4, -0.2) is 65.1 Å². The molecular weight excluding hydrogens is 426 g/mol. The van der Waals surface area contributed by atoms with Crippen molar-refractivity contribution in [3.05, 3.63) is 35.9 Å². The lowest BCUT2D eigenvalue weighted by Gasteiger charge is -2.20. The number of hydrogen-bond donors (Lipinski definition) is 7. The van der Waals surface area contributed by atoms with Gasteiger partial charge >= 0.3 is 5.97 Å². The summed E-state index contributed by atoms with van der Waals surface area (Å²) in [5, 5.41) is 16.1. The molecular formula is C19H27N5O6S. The summed E-state index contributed by atoms with van der Waals surface area (Å²) in [6.07, 6.45) is -0.138. The molecule has 0 saturated carbocycles. The highest BCUT2D eigenvalue weighted by atomic mass is 32.1. The van der Waals surface area contributed by atoms with Gasteiger partial charge in [-0.1, -0.05) is 30.3 Å². The highest BCUT2D eigenvalue weighted by Gasteiger charge is 2.26. The van der Waals surface area contributed by atoms with E-state index in [4.69, 9.17) is 16.6 Å². The first-order valence-electron chi connectivity index (χ1n) is 9.43. The van der Waals surface area contributed by atoms with Gasteiger partial charge in [-0.25, -0.2) is 4.79 Å². The van der Waals surface area contributed by atoms with Crippen molar-refractivity contribution in [3.8, 4) is 0 Å². The third-order valence-corrected chi connectivity index (χ3v) is 4.55. The molecule has 4 amide bonds. The van der Waals surface area contributed by atoms with E-state index in [1.807, 2.05) is 30.3 Å². The molecule has 11 nitrogen and oxygen atoms in total. The number of carboxylic acids is 1. The smallest absolute Gasteiger partial charge is 0.326 e. The molecule has 0 aromatic heterocycles. The van der Waals surface area contributed by atoms with E-state index in [2.05, 4.69) is 28.6 Å². The molecule has 170 valence electrons. The number of rotatable bonds is 13. The lowest BCUT2D eigenvalue weighted by atomic mass is 10.1. The number of nitrogens with one attached hydrogen (secondary N) is 3. The number of thiol groups is 1. The molecule has 1 aromatic rings. The standard InChI is InChI=1S/C19H27N5O6S/c20-12(8-11-4-2-1-3-5-11)17(27)22-9-16(26)23-14(10-31)18(28)24-13(19(29)30)6-7-15(21)25/h1-5,12-14,31H,6-10,20H2,(H2,21,25)(H,22,27)(H,23,26)(H,24,28)(H,29,30). The van der Waals surface area contributed by atoms with Crippen LogP contribution in [-0.2, 0) is 30.4 Å². The molecule has 0 heterocycles. The molecule has 0 aliphatic rings. The minimum Gasteiger partial charge on any atom is -0.480 e. The number of carbonyl (C=O) groups is 5. The van der Waals surface area contributed by atoms with Gasteiger partial charge in [-0.2, -0.15) is 12.6 Å². The van der Waals surface area contributed by atoms with E-state index < -0.39 is 54.3 Å². The van der Waals surface area contributed by atoms with Crippen molar-refractivity contribution in [1.29, 1.82) is 0 Å². The largest absolute Gasteiger partial charge is 0.480 e. The minimum absolute atomic E-state index is 0.124. The number of amides is 4. The first kappa shape index (κ1) is 25.9. The van der Waals surface area contributed by atoms with Crippen LogP contribution < -0.4 is 27.4 Å². The van der Waals surface area contributed by atoms with Gasteiger partial charge < -0.3 is 32.5 Å². The molecule has 0 radical (unpaired) electrons. The van der Waals surface area contributed by atoms with Crippen LogP contribution in [0, 0.1) is 0 Å². The van der Waals surface area contributed by atoms with Crippen LogP contribution in [0.4, 0.5) is 0 Å². The third-order valence-electron chi connectivity index (χ3n) is 4.19. The molecule has 1 aromatic carbocycles. The average molecular weight is 454 g/mol. The summed E-state index contributed by atoms with van der Waals surface area (Å²) in [7, 11) is 0. The van der Waals surface area contributed by atoms with E-state index in [0.29, 0.717) is 0 Å². The lowest BCUT2D eigenvalue weighted by molar-refractivity contribution is -0.142. The van der Waals surface area contributed by atoms with E-state index in [1.165, 1.54) is 0 Å². The summed E-state index contributed by atoms with van der Waals surface area (Å²) in [4.78, 5) is 58.5. The Morgan fingerprint density at radius 2 is 1.65 bits per heavy atom. The fourth-order valence-corrected chi connectivity index (χ4v) is 2.77. The highest BCUT2D eigenvalue weighted by molar-refractivity contribution is 7.80. The van der Waals surface area contributed by atoms with Gasteiger partial charge in [0.2, 0.25) is 23.6 Å². The van der Waals surface area contributed by atoms with E-state index in [-0.39, 0.29) is 25.0 Å². The quantitative estimate of drug-likeness (QED) is 0.166. The van der Waals surface area contributed by atoms with Crippen LogP contribution in [0.3, 0.4) is 0 Å². The molecule has 0 saturated heterocycles. The van der Waals surface area contributed by atoms with Crippen molar-refractivity contribution in [2.24, 2.45) is 11.5 Å². The Bertz CT molecular complexity index is 791. The van der Waals surface area contributed by atoms with Gasteiger partial charge in [-0.15, -0.1) is 0 Å². The Kier molecular flexibility index (Phi) is 11.1. The zero-order chi connectivity index (χ0) is 23.4. The number of hydrogen-bond acceptors (Lipinski definition) is 7.